The summed E-state index contributed by atoms with van der Waals surface area (Å²) in [6, 6.07) is 12.8. The Bertz CT molecular complexity index is 502. The molecule has 0 aliphatic rings. The van der Waals surface area contributed by atoms with E-state index in [1.807, 2.05) is 0 Å². The van der Waals surface area contributed by atoms with Gasteiger partial charge in [0.1, 0.15) is 5.75 Å². The molecular weight excluding hydrogens is 220 g/mol. The molecule has 0 saturated carbocycles. The highest BCUT2D eigenvalue weighted by atomic mass is 16.5. The summed E-state index contributed by atoms with van der Waals surface area (Å²) in [5.74, 6) is 0.990. The molecule has 1 nitrogen and oxygen atoms in total. The van der Waals surface area contributed by atoms with Crippen LogP contribution in [0.3, 0.4) is 0 Å². The molecule has 0 fully saturated rings. The van der Waals surface area contributed by atoms with Crippen LogP contribution in [0.1, 0.15) is 38.2 Å². The van der Waals surface area contributed by atoms with Gasteiger partial charge in [-0.05, 0) is 41.8 Å². The van der Waals surface area contributed by atoms with Crippen molar-refractivity contribution < 1.29 is 4.74 Å². The van der Waals surface area contributed by atoms with Crippen LogP contribution in [0.25, 0.3) is 10.8 Å². The summed E-state index contributed by atoms with van der Waals surface area (Å²) in [6.45, 7) is 5.21. The molecule has 0 spiro atoms. The van der Waals surface area contributed by atoms with E-state index in [0.717, 1.165) is 18.8 Å². The minimum Gasteiger partial charge on any atom is -0.494 e. The lowest BCUT2D eigenvalue weighted by Crippen LogP contribution is -1.97. The van der Waals surface area contributed by atoms with E-state index in [9.17, 15) is 0 Å². The molecule has 0 saturated heterocycles. The number of hydrogen-bond acceptors (Lipinski definition) is 1. The molecule has 0 atom stereocenters. The second kappa shape index (κ2) is 6.44. The lowest BCUT2D eigenvalue weighted by Gasteiger charge is -2.08. The van der Waals surface area contributed by atoms with Gasteiger partial charge in [0.2, 0.25) is 0 Å². The lowest BCUT2D eigenvalue weighted by atomic mass is 10.1. The van der Waals surface area contributed by atoms with Gasteiger partial charge in [-0.25, -0.2) is 0 Å². The Labute approximate surface area is 110 Å². The van der Waals surface area contributed by atoms with E-state index in [1.165, 1.54) is 35.6 Å². The van der Waals surface area contributed by atoms with Crippen molar-refractivity contribution in [1.29, 1.82) is 0 Å². The fraction of sp³-hybridized carbons (Fsp3) is 0.412. The van der Waals surface area contributed by atoms with Crippen molar-refractivity contribution in [3.63, 3.8) is 0 Å². The van der Waals surface area contributed by atoms with Crippen LogP contribution in [0.5, 0.6) is 5.75 Å². The van der Waals surface area contributed by atoms with Crippen molar-refractivity contribution in [3.8, 4) is 5.75 Å². The molecule has 2 aromatic carbocycles. The summed E-state index contributed by atoms with van der Waals surface area (Å²) in [4.78, 5) is 0. The van der Waals surface area contributed by atoms with Gasteiger partial charge in [-0.2, -0.15) is 0 Å². The summed E-state index contributed by atoms with van der Waals surface area (Å²) in [5.41, 5.74) is 1.32. The zero-order valence-corrected chi connectivity index (χ0v) is 11.4. The SMILES string of the molecule is CCCCCCOc1ccc2c(C)cccc2c1. The Morgan fingerprint density at radius 1 is 1.00 bits per heavy atom. The van der Waals surface area contributed by atoms with Crippen molar-refractivity contribution >= 4 is 10.8 Å². The van der Waals surface area contributed by atoms with Gasteiger partial charge in [0, 0.05) is 0 Å². The number of rotatable bonds is 6. The zero-order valence-electron chi connectivity index (χ0n) is 11.4. The van der Waals surface area contributed by atoms with E-state index in [0.29, 0.717) is 0 Å². The molecule has 0 aliphatic carbocycles. The van der Waals surface area contributed by atoms with Gasteiger partial charge in [0.15, 0.2) is 0 Å². The van der Waals surface area contributed by atoms with Crippen molar-refractivity contribution in [1.82, 2.24) is 0 Å². The van der Waals surface area contributed by atoms with Crippen molar-refractivity contribution in [2.24, 2.45) is 0 Å². The minimum atomic E-state index is 0.831. The normalized spacial score (nSPS) is 10.8. The van der Waals surface area contributed by atoms with Crippen LogP contribution >= 0.6 is 0 Å². The summed E-state index contributed by atoms with van der Waals surface area (Å²) in [6.07, 6.45) is 5.00. The molecule has 2 aromatic rings. The number of fused-ring (bicyclic) bond motifs is 1. The standard InChI is InChI=1S/C17H22O/c1-3-4-5-6-12-18-16-10-11-17-14(2)8-7-9-15(17)13-16/h7-11,13H,3-6,12H2,1-2H3. The maximum absolute atomic E-state index is 5.80. The minimum absolute atomic E-state index is 0.831. The van der Waals surface area contributed by atoms with Gasteiger partial charge in [-0.1, -0.05) is 50.5 Å². The van der Waals surface area contributed by atoms with Crippen LogP contribution in [-0.2, 0) is 0 Å². The molecule has 1 heteroatoms. The summed E-state index contributed by atoms with van der Waals surface area (Å²) in [5, 5.41) is 2.58. The third-order valence-corrected chi connectivity index (χ3v) is 3.34. The van der Waals surface area contributed by atoms with Crippen LogP contribution in [0, 0.1) is 6.92 Å². The van der Waals surface area contributed by atoms with Gasteiger partial charge in [0.05, 0.1) is 6.61 Å². The molecule has 0 amide bonds. The maximum Gasteiger partial charge on any atom is 0.119 e. The summed E-state index contributed by atoms with van der Waals surface area (Å²) in [7, 11) is 0. The molecule has 0 aromatic heterocycles. The van der Waals surface area contributed by atoms with Crippen molar-refractivity contribution in [2.75, 3.05) is 6.61 Å². The van der Waals surface area contributed by atoms with Crippen molar-refractivity contribution in [2.45, 2.75) is 39.5 Å². The molecule has 0 aliphatic heterocycles. The van der Waals surface area contributed by atoms with E-state index in [2.05, 4.69) is 50.2 Å². The Morgan fingerprint density at radius 3 is 2.72 bits per heavy atom. The smallest absolute Gasteiger partial charge is 0.119 e. The fourth-order valence-corrected chi connectivity index (χ4v) is 2.23. The molecule has 0 N–H and O–H groups in total. The molecule has 0 unspecified atom stereocenters. The van der Waals surface area contributed by atoms with E-state index in [-0.39, 0.29) is 0 Å². The largest absolute Gasteiger partial charge is 0.494 e. The first-order valence-electron chi connectivity index (χ1n) is 6.93. The monoisotopic (exact) mass is 242 g/mol. The molecular formula is C17H22O. The third-order valence-electron chi connectivity index (χ3n) is 3.34. The fourth-order valence-electron chi connectivity index (χ4n) is 2.23. The van der Waals surface area contributed by atoms with Gasteiger partial charge in [0.25, 0.3) is 0 Å². The summed E-state index contributed by atoms with van der Waals surface area (Å²) < 4.78 is 5.80. The maximum atomic E-state index is 5.80. The highest BCUT2D eigenvalue weighted by Gasteiger charge is 1.99. The topological polar surface area (TPSA) is 9.23 Å². The van der Waals surface area contributed by atoms with Gasteiger partial charge >= 0.3 is 0 Å². The Balaban J connectivity index is 1.98. The van der Waals surface area contributed by atoms with Gasteiger partial charge in [-0.15, -0.1) is 0 Å². The van der Waals surface area contributed by atoms with Crippen LogP contribution in [-0.4, -0.2) is 6.61 Å². The number of aryl methyl sites for hydroxylation is 1. The third kappa shape index (κ3) is 3.25. The molecule has 0 bridgehead atoms. The average molecular weight is 242 g/mol. The molecule has 0 heterocycles. The molecule has 2 rings (SSSR count). The zero-order chi connectivity index (χ0) is 12.8. The number of hydrogen-bond donors (Lipinski definition) is 0. The molecule has 0 radical (unpaired) electrons. The highest BCUT2D eigenvalue weighted by molar-refractivity contribution is 5.86. The predicted molar refractivity (Wildman–Crippen MR) is 78.3 cm³/mol. The van der Waals surface area contributed by atoms with Gasteiger partial charge in [-0.3, -0.25) is 0 Å². The van der Waals surface area contributed by atoms with Crippen LogP contribution in [0.15, 0.2) is 36.4 Å². The van der Waals surface area contributed by atoms with Crippen LogP contribution in [0.2, 0.25) is 0 Å². The Morgan fingerprint density at radius 2 is 1.89 bits per heavy atom. The quantitative estimate of drug-likeness (QED) is 0.640. The first-order valence-corrected chi connectivity index (χ1v) is 6.93. The Kier molecular flexibility index (Phi) is 4.63. The second-order valence-corrected chi connectivity index (χ2v) is 4.87. The number of unbranched alkanes of at least 4 members (excludes halogenated alkanes) is 3. The van der Waals surface area contributed by atoms with E-state index in [1.54, 1.807) is 0 Å². The molecule has 96 valence electrons. The van der Waals surface area contributed by atoms with E-state index >= 15 is 0 Å². The van der Waals surface area contributed by atoms with Crippen molar-refractivity contribution in [3.05, 3.63) is 42.0 Å². The Hall–Kier alpha value is -1.50. The summed E-state index contributed by atoms with van der Waals surface area (Å²) >= 11 is 0. The van der Waals surface area contributed by atoms with Gasteiger partial charge < -0.3 is 4.74 Å². The molecule has 18 heavy (non-hydrogen) atoms. The predicted octanol–water partition coefficient (Wildman–Crippen LogP) is 5.11. The van der Waals surface area contributed by atoms with E-state index in [4.69, 9.17) is 4.74 Å². The first kappa shape index (κ1) is 12.9. The number of benzene rings is 2. The average Bonchev–Trinajstić information content (AvgIpc) is 2.39. The number of ether oxygens (including phenoxy) is 1. The highest BCUT2D eigenvalue weighted by Crippen LogP contribution is 2.23. The van der Waals surface area contributed by atoms with Crippen LogP contribution < -0.4 is 4.74 Å². The first-order chi connectivity index (χ1) is 8.81. The van der Waals surface area contributed by atoms with E-state index < -0.39 is 0 Å². The lowest BCUT2D eigenvalue weighted by molar-refractivity contribution is 0.305. The van der Waals surface area contributed by atoms with Crippen LogP contribution in [0.4, 0.5) is 0 Å². The second-order valence-electron chi connectivity index (χ2n) is 4.87.